The topological polar surface area (TPSA) is 96.5 Å². The predicted molar refractivity (Wildman–Crippen MR) is 117 cm³/mol. The van der Waals surface area contributed by atoms with E-state index < -0.39 is 10.0 Å². The third kappa shape index (κ3) is 5.08. The Hall–Kier alpha value is -2.23. The van der Waals surface area contributed by atoms with Crippen LogP contribution in [0.1, 0.15) is 29.7 Å². The summed E-state index contributed by atoms with van der Waals surface area (Å²) >= 11 is 0. The van der Waals surface area contributed by atoms with E-state index in [2.05, 4.69) is 24.9 Å². The number of benzene rings is 1. The molecule has 0 unspecified atom stereocenters. The second kappa shape index (κ2) is 9.28. The molecule has 1 aliphatic heterocycles. The number of sulfonamides is 1. The molecule has 0 atom stereocenters. The van der Waals surface area contributed by atoms with Gasteiger partial charge < -0.3 is 15.0 Å². The quantitative estimate of drug-likeness (QED) is 0.646. The molecular formula is C21H29N5O3S. The fourth-order valence-electron chi connectivity index (χ4n) is 3.91. The molecule has 9 heteroatoms. The van der Waals surface area contributed by atoms with Gasteiger partial charge in [0.05, 0.1) is 18.1 Å². The van der Waals surface area contributed by atoms with Crippen molar-refractivity contribution in [3.05, 3.63) is 41.1 Å². The van der Waals surface area contributed by atoms with E-state index in [9.17, 15) is 8.42 Å². The summed E-state index contributed by atoms with van der Waals surface area (Å²) in [6.45, 7) is 5.56. The fraction of sp³-hybridized carbons (Fsp3) is 0.524. The van der Waals surface area contributed by atoms with Crippen LogP contribution >= 0.6 is 0 Å². The number of anilines is 2. The summed E-state index contributed by atoms with van der Waals surface area (Å²) in [5, 5.41) is 3.13. The largest absolute Gasteiger partial charge is 0.378 e. The summed E-state index contributed by atoms with van der Waals surface area (Å²) in [5.74, 6) is 1.37. The molecule has 1 aromatic carbocycles. The van der Waals surface area contributed by atoms with Crippen molar-refractivity contribution in [1.82, 2.24) is 14.7 Å². The van der Waals surface area contributed by atoms with E-state index in [4.69, 9.17) is 4.74 Å². The van der Waals surface area contributed by atoms with Crippen LogP contribution in [0.2, 0.25) is 0 Å². The number of morpholine rings is 1. The number of ether oxygens (including phenoxy) is 1. The molecule has 0 spiro atoms. The van der Waals surface area contributed by atoms with Crippen molar-refractivity contribution in [2.24, 2.45) is 0 Å². The van der Waals surface area contributed by atoms with Gasteiger partial charge in [0.25, 0.3) is 0 Å². The van der Waals surface area contributed by atoms with Gasteiger partial charge in [-0.15, -0.1) is 0 Å². The van der Waals surface area contributed by atoms with Gasteiger partial charge in [-0.25, -0.2) is 18.1 Å². The molecule has 1 fully saturated rings. The average Bonchev–Trinajstić information content (AvgIpc) is 2.77. The van der Waals surface area contributed by atoms with Crippen LogP contribution in [0.3, 0.4) is 0 Å². The van der Waals surface area contributed by atoms with Crippen molar-refractivity contribution in [2.75, 3.05) is 49.6 Å². The molecule has 0 bridgehead atoms. The molecular weight excluding hydrogens is 402 g/mol. The van der Waals surface area contributed by atoms with Gasteiger partial charge in [-0.05, 0) is 55.9 Å². The average molecular weight is 432 g/mol. The lowest BCUT2D eigenvalue weighted by atomic mass is 9.92. The maximum atomic E-state index is 12.7. The molecule has 30 heavy (non-hydrogen) atoms. The molecule has 8 nitrogen and oxygen atoms in total. The Labute approximate surface area is 178 Å². The molecule has 1 saturated heterocycles. The first-order valence-electron chi connectivity index (χ1n) is 10.5. The zero-order valence-electron chi connectivity index (χ0n) is 17.4. The Kier molecular flexibility index (Phi) is 6.50. The molecule has 1 aliphatic carbocycles. The van der Waals surface area contributed by atoms with E-state index in [1.807, 2.05) is 25.1 Å². The first-order valence-corrected chi connectivity index (χ1v) is 12.0. The van der Waals surface area contributed by atoms with Gasteiger partial charge >= 0.3 is 0 Å². The van der Waals surface area contributed by atoms with Gasteiger partial charge in [0.2, 0.25) is 16.0 Å². The zero-order valence-corrected chi connectivity index (χ0v) is 18.2. The maximum absolute atomic E-state index is 12.7. The molecule has 0 radical (unpaired) electrons. The number of hydrogen-bond donors (Lipinski definition) is 2. The SMILES string of the molecule is Cc1cc(N2CCOCC2)nc(NCCNS(=O)(=O)c2ccc3c(c2)CCCC3)n1. The summed E-state index contributed by atoms with van der Waals surface area (Å²) in [6, 6.07) is 7.44. The van der Waals surface area contributed by atoms with E-state index in [0.29, 0.717) is 30.6 Å². The van der Waals surface area contributed by atoms with Crippen LogP contribution in [-0.4, -0.2) is 57.8 Å². The minimum absolute atomic E-state index is 0.254. The second-order valence-electron chi connectivity index (χ2n) is 7.75. The van der Waals surface area contributed by atoms with Gasteiger partial charge in [0.15, 0.2) is 0 Å². The number of rotatable bonds is 7. The van der Waals surface area contributed by atoms with Crippen molar-refractivity contribution >= 4 is 21.8 Å². The van der Waals surface area contributed by atoms with E-state index in [1.165, 1.54) is 12.0 Å². The summed E-state index contributed by atoms with van der Waals surface area (Å²) in [4.78, 5) is 11.5. The lowest BCUT2D eigenvalue weighted by Gasteiger charge is -2.28. The normalized spacial score (nSPS) is 16.9. The number of aryl methyl sites for hydroxylation is 3. The van der Waals surface area contributed by atoms with Gasteiger partial charge in [0.1, 0.15) is 5.82 Å². The van der Waals surface area contributed by atoms with E-state index in [-0.39, 0.29) is 6.54 Å². The highest BCUT2D eigenvalue weighted by Crippen LogP contribution is 2.24. The lowest BCUT2D eigenvalue weighted by Crippen LogP contribution is -2.37. The van der Waals surface area contributed by atoms with E-state index in [1.54, 1.807) is 6.07 Å². The molecule has 2 aromatic rings. The van der Waals surface area contributed by atoms with Gasteiger partial charge in [-0.3, -0.25) is 0 Å². The third-order valence-electron chi connectivity index (χ3n) is 5.51. The fourth-order valence-corrected chi connectivity index (χ4v) is 4.99. The van der Waals surface area contributed by atoms with Crippen LogP contribution in [0.5, 0.6) is 0 Å². The maximum Gasteiger partial charge on any atom is 0.240 e. The second-order valence-corrected chi connectivity index (χ2v) is 9.52. The van der Waals surface area contributed by atoms with E-state index >= 15 is 0 Å². The van der Waals surface area contributed by atoms with Crippen LogP contribution in [0.4, 0.5) is 11.8 Å². The number of nitrogens with zero attached hydrogens (tertiary/aromatic N) is 3. The highest BCUT2D eigenvalue weighted by molar-refractivity contribution is 7.89. The lowest BCUT2D eigenvalue weighted by molar-refractivity contribution is 0.122. The highest BCUT2D eigenvalue weighted by Gasteiger charge is 2.18. The number of aromatic nitrogens is 2. The summed E-state index contributed by atoms with van der Waals surface area (Å²) in [5.41, 5.74) is 3.30. The van der Waals surface area contributed by atoms with Crippen LogP contribution in [0.15, 0.2) is 29.2 Å². The molecule has 2 N–H and O–H groups in total. The van der Waals surface area contributed by atoms with Gasteiger partial charge in [-0.2, -0.15) is 4.98 Å². The predicted octanol–water partition coefficient (Wildman–Crippen LogP) is 1.89. The first kappa shape index (κ1) is 21.0. The third-order valence-corrected chi connectivity index (χ3v) is 6.96. The summed E-state index contributed by atoms with van der Waals surface area (Å²) in [7, 11) is -3.53. The van der Waals surface area contributed by atoms with Crippen LogP contribution in [0.25, 0.3) is 0 Å². The van der Waals surface area contributed by atoms with Crippen LogP contribution < -0.4 is 14.9 Å². The highest BCUT2D eigenvalue weighted by atomic mass is 32.2. The number of nitrogens with one attached hydrogen (secondary N) is 2. The molecule has 2 heterocycles. The van der Waals surface area contributed by atoms with Crippen molar-refractivity contribution in [3.8, 4) is 0 Å². The molecule has 0 amide bonds. The Morgan fingerprint density at radius 2 is 1.80 bits per heavy atom. The van der Waals surface area contributed by atoms with Crippen LogP contribution in [-0.2, 0) is 27.6 Å². The number of fused-ring (bicyclic) bond motifs is 1. The van der Waals surface area contributed by atoms with Crippen molar-refractivity contribution in [2.45, 2.75) is 37.5 Å². The zero-order chi connectivity index (χ0) is 21.0. The van der Waals surface area contributed by atoms with Crippen LogP contribution in [0, 0.1) is 6.92 Å². The monoisotopic (exact) mass is 431 g/mol. The molecule has 4 rings (SSSR count). The minimum atomic E-state index is -3.53. The van der Waals surface area contributed by atoms with Crippen molar-refractivity contribution in [3.63, 3.8) is 0 Å². The first-order chi connectivity index (χ1) is 14.5. The Bertz CT molecular complexity index is 990. The molecule has 1 aromatic heterocycles. The van der Waals surface area contributed by atoms with Crippen molar-refractivity contribution in [1.29, 1.82) is 0 Å². The standard InChI is InChI=1S/C21H29N5O3S/c1-16-14-20(26-10-12-29-13-11-26)25-21(24-16)22-8-9-23-30(27,28)19-7-6-17-4-2-3-5-18(17)15-19/h6-7,14-15,23H,2-5,8-13H2,1H3,(H,22,24,25). The Morgan fingerprint density at radius 3 is 2.60 bits per heavy atom. The molecule has 0 saturated carbocycles. The molecule has 162 valence electrons. The minimum Gasteiger partial charge on any atom is -0.378 e. The van der Waals surface area contributed by atoms with Gasteiger partial charge in [-0.1, -0.05) is 6.07 Å². The number of hydrogen-bond acceptors (Lipinski definition) is 7. The van der Waals surface area contributed by atoms with Gasteiger partial charge in [0, 0.05) is 37.9 Å². The molecule has 2 aliphatic rings. The van der Waals surface area contributed by atoms with E-state index in [0.717, 1.165) is 49.4 Å². The summed E-state index contributed by atoms with van der Waals surface area (Å²) in [6.07, 6.45) is 4.29. The smallest absolute Gasteiger partial charge is 0.240 e. The van der Waals surface area contributed by atoms with Crippen molar-refractivity contribution < 1.29 is 13.2 Å². The Balaban J connectivity index is 1.34. The summed E-state index contributed by atoms with van der Waals surface area (Å²) < 4.78 is 33.4. The Morgan fingerprint density at radius 1 is 1.03 bits per heavy atom.